The molecule has 0 saturated heterocycles. The Morgan fingerprint density at radius 3 is 2.67 bits per heavy atom. The number of nitrogens with one attached hydrogen (secondary N) is 2. The summed E-state index contributed by atoms with van der Waals surface area (Å²) in [6.07, 6.45) is 8.03. The van der Waals surface area contributed by atoms with Crippen LogP contribution in [0.25, 0.3) is 16.7 Å². The summed E-state index contributed by atoms with van der Waals surface area (Å²) in [7, 11) is 0. The standard InChI is InChI=1S/C30H32FN7O2S2/c1-3-4-5-6-7-10-15-37-24(32)21(17-22-26(37)33-25-19(2)12-11-16-38(25)28(22)40)27(39)34-29-35-36-30(42-29)41-18-20-13-8-9-14-23(20)31/h8-9,11-14,16-17,32H,3-7,10,15,18H2,1-2H3,(H,34,35,39). The van der Waals surface area contributed by atoms with Crippen molar-refractivity contribution in [1.29, 1.82) is 5.41 Å². The van der Waals surface area contributed by atoms with Gasteiger partial charge in [0.15, 0.2) is 4.34 Å². The highest BCUT2D eigenvalue weighted by Gasteiger charge is 2.19. The first-order valence-corrected chi connectivity index (χ1v) is 15.8. The molecule has 5 aromatic rings. The Hall–Kier alpha value is -3.90. The SMILES string of the molecule is CCCCCCCCn1c(=N)c(C(=O)Nc2nnc(SCc3ccccc3F)s2)cc2c(=O)n3cccc(C)c3nc21. The molecule has 0 aliphatic carbocycles. The highest BCUT2D eigenvalue weighted by molar-refractivity contribution is 8.00. The molecule has 0 radical (unpaired) electrons. The molecule has 2 N–H and O–H groups in total. The van der Waals surface area contributed by atoms with Crippen molar-refractivity contribution in [3.05, 3.63) is 87.0 Å². The number of amides is 1. The lowest BCUT2D eigenvalue weighted by Crippen LogP contribution is -2.32. The maximum atomic E-state index is 14.0. The number of thioether (sulfide) groups is 1. The minimum Gasteiger partial charge on any atom is -0.310 e. The van der Waals surface area contributed by atoms with Crippen LogP contribution in [0.1, 0.15) is 66.9 Å². The van der Waals surface area contributed by atoms with Crippen molar-refractivity contribution in [2.45, 2.75) is 69.0 Å². The highest BCUT2D eigenvalue weighted by atomic mass is 32.2. The fourth-order valence-electron chi connectivity index (χ4n) is 4.78. The fraction of sp³-hybridized carbons (Fsp3) is 0.333. The fourth-order valence-corrected chi connectivity index (χ4v) is 6.51. The maximum Gasteiger partial charge on any atom is 0.267 e. The molecular formula is C30H32FN7O2S2. The van der Waals surface area contributed by atoms with Gasteiger partial charge in [-0.05, 0) is 42.7 Å². The molecule has 0 spiro atoms. The number of carbonyl (C=O) groups is 1. The summed E-state index contributed by atoms with van der Waals surface area (Å²) >= 11 is 2.48. The van der Waals surface area contributed by atoms with E-state index in [-0.39, 0.29) is 32.9 Å². The number of hydrogen-bond acceptors (Lipinski definition) is 8. The van der Waals surface area contributed by atoms with Gasteiger partial charge in [-0.2, -0.15) is 0 Å². The second-order valence-corrected chi connectivity index (χ2v) is 12.3. The van der Waals surface area contributed by atoms with E-state index in [2.05, 4.69) is 22.4 Å². The summed E-state index contributed by atoms with van der Waals surface area (Å²) in [5.41, 5.74) is 2.05. The number of nitrogens with zero attached hydrogens (tertiary/aromatic N) is 5. The van der Waals surface area contributed by atoms with Gasteiger partial charge >= 0.3 is 0 Å². The molecule has 0 aliphatic heterocycles. The van der Waals surface area contributed by atoms with Gasteiger partial charge in [-0.3, -0.25) is 24.7 Å². The molecule has 1 aromatic carbocycles. The summed E-state index contributed by atoms with van der Waals surface area (Å²) in [6, 6.07) is 11.7. The first kappa shape index (κ1) is 29.6. The summed E-state index contributed by atoms with van der Waals surface area (Å²) in [5, 5.41) is 20.4. The Morgan fingerprint density at radius 1 is 1.07 bits per heavy atom. The van der Waals surface area contributed by atoms with Crippen LogP contribution < -0.4 is 16.4 Å². The van der Waals surface area contributed by atoms with Crippen molar-refractivity contribution in [1.82, 2.24) is 24.1 Å². The van der Waals surface area contributed by atoms with Crippen molar-refractivity contribution in [3.8, 4) is 0 Å². The zero-order valence-corrected chi connectivity index (χ0v) is 25.2. The Kier molecular flexibility index (Phi) is 9.43. The average Bonchev–Trinajstić information content (AvgIpc) is 3.43. The Morgan fingerprint density at radius 2 is 1.86 bits per heavy atom. The molecule has 5 rings (SSSR count). The zero-order chi connectivity index (χ0) is 29.6. The molecule has 0 unspecified atom stereocenters. The van der Waals surface area contributed by atoms with E-state index in [1.54, 1.807) is 35.0 Å². The second kappa shape index (κ2) is 13.4. The quantitative estimate of drug-likeness (QED) is 0.0742. The van der Waals surface area contributed by atoms with Gasteiger partial charge in [-0.25, -0.2) is 9.37 Å². The molecular weight excluding hydrogens is 574 g/mol. The van der Waals surface area contributed by atoms with Crippen LogP contribution in [0.3, 0.4) is 0 Å². The minimum atomic E-state index is -0.561. The van der Waals surface area contributed by atoms with Crippen molar-refractivity contribution in [2.24, 2.45) is 0 Å². The number of unbranched alkanes of at least 4 members (excludes halogenated alkanes) is 5. The van der Waals surface area contributed by atoms with Crippen molar-refractivity contribution in [2.75, 3.05) is 5.32 Å². The van der Waals surface area contributed by atoms with Crippen LogP contribution in [0.5, 0.6) is 0 Å². The van der Waals surface area contributed by atoms with Gasteiger partial charge in [-0.15, -0.1) is 10.2 Å². The predicted molar refractivity (Wildman–Crippen MR) is 165 cm³/mol. The molecule has 4 aromatic heterocycles. The number of hydrogen-bond donors (Lipinski definition) is 2. The van der Waals surface area contributed by atoms with E-state index in [9.17, 15) is 14.0 Å². The smallest absolute Gasteiger partial charge is 0.267 e. The van der Waals surface area contributed by atoms with Gasteiger partial charge in [-0.1, -0.05) is 86.4 Å². The largest absolute Gasteiger partial charge is 0.310 e. The first-order valence-electron chi connectivity index (χ1n) is 14.0. The second-order valence-electron chi connectivity index (χ2n) is 10.1. The third-order valence-corrected chi connectivity index (χ3v) is 9.07. The van der Waals surface area contributed by atoms with Crippen LogP contribution >= 0.6 is 23.1 Å². The third kappa shape index (κ3) is 6.44. The molecule has 0 fully saturated rings. The van der Waals surface area contributed by atoms with Crippen LogP contribution in [0, 0.1) is 18.2 Å². The number of rotatable bonds is 12. The number of anilines is 1. The molecule has 42 heavy (non-hydrogen) atoms. The molecule has 4 heterocycles. The minimum absolute atomic E-state index is 0.0166. The monoisotopic (exact) mass is 605 g/mol. The van der Waals surface area contributed by atoms with Gasteiger partial charge in [0.05, 0.1) is 10.9 Å². The van der Waals surface area contributed by atoms with Crippen LogP contribution in [-0.2, 0) is 12.3 Å². The summed E-state index contributed by atoms with van der Waals surface area (Å²) in [5.74, 6) is -0.473. The lowest BCUT2D eigenvalue weighted by molar-refractivity contribution is 0.102. The van der Waals surface area contributed by atoms with E-state index >= 15 is 0 Å². The average molecular weight is 606 g/mol. The molecule has 0 saturated carbocycles. The van der Waals surface area contributed by atoms with E-state index in [0.717, 1.165) is 49.0 Å². The van der Waals surface area contributed by atoms with Crippen LogP contribution in [-0.4, -0.2) is 30.1 Å². The van der Waals surface area contributed by atoms with E-state index in [4.69, 9.17) is 10.4 Å². The molecule has 1 amide bonds. The van der Waals surface area contributed by atoms with Crippen molar-refractivity contribution >= 4 is 50.8 Å². The number of carbonyl (C=O) groups excluding carboxylic acids is 1. The number of fused-ring (bicyclic) bond motifs is 2. The van der Waals surface area contributed by atoms with Crippen molar-refractivity contribution < 1.29 is 9.18 Å². The number of halogens is 1. The summed E-state index contributed by atoms with van der Waals surface area (Å²) in [4.78, 5) is 31.8. The molecule has 0 bridgehead atoms. The van der Waals surface area contributed by atoms with Crippen molar-refractivity contribution in [3.63, 3.8) is 0 Å². The Labute approximate surface area is 250 Å². The zero-order valence-electron chi connectivity index (χ0n) is 23.5. The summed E-state index contributed by atoms with van der Waals surface area (Å²) < 4.78 is 17.7. The molecule has 0 aliphatic rings. The maximum absolute atomic E-state index is 14.0. The summed E-state index contributed by atoms with van der Waals surface area (Å²) in [6.45, 7) is 4.53. The van der Waals surface area contributed by atoms with E-state index in [1.807, 2.05) is 13.0 Å². The number of aryl methyl sites for hydroxylation is 2. The van der Waals surface area contributed by atoms with E-state index in [0.29, 0.717) is 33.5 Å². The van der Waals surface area contributed by atoms with Gasteiger partial charge < -0.3 is 4.57 Å². The van der Waals surface area contributed by atoms with Gasteiger partial charge in [0.2, 0.25) is 5.13 Å². The number of benzene rings is 1. The van der Waals surface area contributed by atoms with Gasteiger partial charge in [0.25, 0.3) is 11.5 Å². The molecule has 9 nitrogen and oxygen atoms in total. The highest BCUT2D eigenvalue weighted by Crippen LogP contribution is 2.29. The third-order valence-electron chi connectivity index (χ3n) is 7.05. The first-order chi connectivity index (χ1) is 20.4. The number of aromatic nitrogens is 5. The van der Waals surface area contributed by atoms with Crippen LogP contribution in [0.15, 0.2) is 57.8 Å². The lowest BCUT2D eigenvalue weighted by Gasteiger charge is -2.15. The normalized spacial score (nSPS) is 11.4. The van der Waals surface area contributed by atoms with Gasteiger partial charge in [0, 0.05) is 18.5 Å². The lowest BCUT2D eigenvalue weighted by atomic mass is 10.1. The van der Waals surface area contributed by atoms with Crippen LogP contribution in [0.4, 0.5) is 9.52 Å². The van der Waals surface area contributed by atoms with Crippen LogP contribution in [0.2, 0.25) is 0 Å². The Bertz CT molecular complexity index is 1860. The topological polar surface area (TPSA) is 118 Å². The molecule has 218 valence electrons. The number of pyridine rings is 2. The molecule has 12 heteroatoms. The Balaban J connectivity index is 1.44. The van der Waals surface area contributed by atoms with Gasteiger partial charge in [0.1, 0.15) is 22.6 Å². The predicted octanol–water partition coefficient (Wildman–Crippen LogP) is 6.33. The van der Waals surface area contributed by atoms with E-state index < -0.39 is 5.91 Å². The van der Waals surface area contributed by atoms with E-state index in [1.165, 1.54) is 34.7 Å². The molecule has 0 atom stereocenters.